The number of benzene rings is 3. The first-order chi connectivity index (χ1) is 15.1. The molecule has 0 saturated carbocycles. The molecule has 0 amide bonds. The summed E-state index contributed by atoms with van der Waals surface area (Å²) in [5, 5.41) is 7.33. The van der Waals surface area contributed by atoms with E-state index in [4.69, 9.17) is 11.5 Å². The number of hydrogen-bond donors (Lipinski definition) is 5. The van der Waals surface area contributed by atoms with Crippen LogP contribution >= 0.6 is 0 Å². The summed E-state index contributed by atoms with van der Waals surface area (Å²) in [7, 11) is -14.6. The lowest BCUT2D eigenvalue weighted by Crippen LogP contribution is -2.06. The van der Waals surface area contributed by atoms with Crippen LogP contribution in [0.1, 0.15) is 0 Å². The fourth-order valence-corrected chi connectivity index (χ4v) is 5.36. The van der Waals surface area contributed by atoms with Gasteiger partial charge in [-0.3, -0.25) is 13.7 Å². The number of rotatable bonds is 4. The van der Waals surface area contributed by atoms with E-state index in [9.17, 15) is 38.9 Å². The molecule has 17 heteroatoms. The van der Waals surface area contributed by atoms with Gasteiger partial charge in [0, 0.05) is 16.5 Å². The third-order valence-electron chi connectivity index (χ3n) is 4.60. The van der Waals surface area contributed by atoms with Gasteiger partial charge >= 0.3 is 0 Å². The zero-order valence-corrected chi connectivity index (χ0v) is 18.4. The first kappa shape index (κ1) is 22.8. The maximum Gasteiger partial charge on any atom is 0.296 e. The predicted octanol–water partition coefficient (Wildman–Crippen LogP) is 0.478. The summed E-state index contributed by atoms with van der Waals surface area (Å²) in [4.78, 5) is -1.40. The van der Waals surface area contributed by atoms with E-state index in [-0.39, 0.29) is 33.5 Å². The molecule has 4 aromatic rings. The van der Waals surface area contributed by atoms with Crippen molar-refractivity contribution in [3.05, 3.63) is 36.4 Å². The summed E-state index contributed by atoms with van der Waals surface area (Å²) in [6, 6.07) is 6.16. The number of anilines is 2. The van der Waals surface area contributed by atoms with Crippen LogP contribution < -0.4 is 11.5 Å². The fraction of sp³-hybridized carbons (Fsp3) is 0. The highest BCUT2D eigenvalue weighted by atomic mass is 32.2. The minimum atomic E-state index is -4.96. The van der Waals surface area contributed by atoms with Crippen LogP contribution in [-0.4, -0.2) is 53.9 Å². The molecular weight excluding hydrogens is 502 g/mol. The molecule has 7 N–H and O–H groups in total. The lowest BCUT2D eigenvalue weighted by molar-refractivity contribution is 0.481. The second kappa shape index (κ2) is 7.07. The van der Waals surface area contributed by atoms with Crippen molar-refractivity contribution < 1.29 is 38.9 Å². The van der Waals surface area contributed by atoms with E-state index < -0.39 is 50.4 Å². The highest BCUT2D eigenvalue weighted by molar-refractivity contribution is 7.86. The molecule has 0 aliphatic rings. The Morgan fingerprint density at radius 1 is 0.727 bits per heavy atom. The predicted molar refractivity (Wildman–Crippen MR) is 115 cm³/mol. The number of hydrogen-bond acceptors (Lipinski definition) is 10. The SMILES string of the molecule is Nc1cc(S(=O)(=O)O)c2c(c1)c(S(=O)(=O)O)cc1nn(-c3ccc(N)c(S(=O)(=O)O)c3)nc12. The lowest BCUT2D eigenvalue weighted by Gasteiger charge is -2.09. The normalized spacial score (nSPS) is 13.1. The first-order valence-electron chi connectivity index (χ1n) is 8.53. The summed E-state index contributed by atoms with van der Waals surface area (Å²) in [6.45, 7) is 0. The van der Waals surface area contributed by atoms with Crippen molar-refractivity contribution in [3.8, 4) is 5.69 Å². The number of nitrogen functional groups attached to an aromatic ring is 2. The monoisotopic (exact) mass is 515 g/mol. The molecule has 3 aromatic carbocycles. The molecule has 0 aliphatic heterocycles. The number of fused-ring (bicyclic) bond motifs is 3. The van der Waals surface area contributed by atoms with E-state index in [1.54, 1.807) is 0 Å². The van der Waals surface area contributed by atoms with Crippen LogP contribution in [0.4, 0.5) is 11.4 Å². The number of nitrogens with zero attached hydrogens (tertiary/aromatic N) is 3. The largest absolute Gasteiger partial charge is 0.399 e. The van der Waals surface area contributed by atoms with E-state index in [0.29, 0.717) is 0 Å². The maximum atomic E-state index is 12.0. The van der Waals surface area contributed by atoms with Crippen molar-refractivity contribution >= 4 is 63.5 Å². The molecule has 33 heavy (non-hydrogen) atoms. The van der Waals surface area contributed by atoms with Crippen LogP contribution in [0.3, 0.4) is 0 Å². The van der Waals surface area contributed by atoms with Gasteiger partial charge in [0.1, 0.15) is 25.7 Å². The van der Waals surface area contributed by atoms with Crippen molar-refractivity contribution in [2.75, 3.05) is 11.5 Å². The third-order valence-corrected chi connectivity index (χ3v) is 7.28. The Morgan fingerprint density at radius 2 is 1.33 bits per heavy atom. The highest BCUT2D eigenvalue weighted by Crippen LogP contribution is 2.36. The molecule has 0 spiro atoms. The molecule has 4 rings (SSSR count). The van der Waals surface area contributed by atoms with Crippen molar-refractivity contribution in [1.29, 1.82) is 0 Å². The topological polar surface area (TPSA) is 246 Å². The second-order valence-corrected chi connectivity index (χ2v) is 11.0. The molecule has 0 aliphatic carbocycles. The van der Waals surface area contributed by atoms with E-state index >= 15 is 0 Å². The van der Waals surface area contributed by atoms with Crippen LogP contribution in [0.25, 0.3) is 27.5 Å². The van der Waals surface area contributed by atoms with Crippen molar-refractivity contribution in [2.45, 2.75) is 14.7 Å². The molecule has 174 valence electrons. The molecule has 0 bridgehead atoms. The maximum absolute atomic E-state index is 12.0. The molecule has 0 atom stereocenters. The molecule has 0 radical (unpaired) electrons. The summed E-state index contributed by atoms with van der Waals surface area (Å²) >= 11 is 0. The van der Waals surface area contributed by atoms with Gasteiger partial charge in [0.15, 0.2) is 0 Å². The zero-order chi connectivity index (χ0) is 24.5. The van der Waals surface area contributed by atoms with Crippen LogP contribution in [0.5, 0.6) is 0 Å². The second-order valence-electron chi connectivity index (χ2n) is 6.82. The van der Waals surface area contributed by atoms with Gasteiger partial charge in [0.25, 0.3) is 30.4 Å². The standard InChI is InChI=1S/C16H13N5O9S3/c17-7-3-9-12(31(22,23)24)6-11-16(15(9)14(4-7)33(28,29)30)20-21(19-11)8-1-2-10(18)13(5-8)32(25,26)27/h1-6H,17-18H2,(H,22,23,24)(H,25,26,27)(H,28,29,30). The Morgan fingerprint density at radius 3 is 1.91 bits per heavy atom. The molecular formula is C16H13N5O9S3. The Bertz CT molecular complexity index is 1810. The average Bonchev–Trinajstić information content (AvgIpc) is 3.08. The van der Waals surface area contributed by atoms with E-state index in [1.165, 1.54) is 6.07 Å². The number of aromatic nitrogens is 3. The average molecular weight is 516 g/mol. The lowest BCUT2D eigenvalue weighted by atomic mass is 10.1. The smallest absolute Gasteiger partial charge is 0.296 e. The Kier molecular flexibility index (Phi) is 4.89. The summed E-state index contributed by atoms with van der Waals surface area (Å²) in [6.07, 6.45) is 0. The Labute approximate surface area is 185 Å². The van der Waals surface area contributed by atoms with Gasteiger partial charge < -0.3 is 11.5 Å². The molecule has 0 unspecified atom stereocenters. The summed E-state index contributed by atoms with van der Waals surface area (Å²) < 4.78 is 99.7. The van der Waals surface area contributed by atoms with Gasteiger partial charge in [-0.05, 0) is 36.4 Å². The first-order valence-corrected chi connectivity index (χ1v) is 12.8. The quantitative estimate of drug-likeness (QED) is 0.183. The zero-order valence-electron chi connectivity index (χ0n) is 16.0. The van der Waals surface area contributed by atoms with Crippen molar-refractivity contribution in [2.24, 2.45) is 0 Å². The number of nitrogens with two attached hydrogens (primary N) is 2. The Balaban J connectivity index is 2.18. The van der Waals surface area contributed by atoms with Gasteiger partial charge in [-0.2, -0.15) is 30.0 Å². The van der Waals surface area contributed by atoms with Crippen LogP contribution in [-0.2, 0) is 30.4 Å². The van der Waals surface area contributed by atoms with Gasteiger partial charge in [0.05, 0.1) is 11.4 Å². The van der Waals surface area contributed by atoms with E-state index in [2.05, 4.69) is 10.2 Å². The Hall–Kier alpha value is -3.35. The minimum absolute atomic E-state index is 0.0570. The van der Waals surface area contributed by atoms with Gasteiger partial charge in [-0.1, -0.05) is 0 Å². The molecule has 1 aromatic heterocycles. The van der Waals surface area contributed by atoms with E-state index in [1.807, 2.05) is 0 Å². The van der Waals surface area contributed by atoms with Gasteiger partial charge in [0.2, 0.25) is 0 Å². The summed E-state index contributed by atoms with van der Waals surface area (Å²) in [5.74, 6) is 0. The fourth-order valence-electron chi connectivity index (χ4n) is 3.27. The van der Waals surface area contributed by atoms with E-state index in [0.717, 1.165) is 35.1 Å². The van der Waals surface area contributed by atoms with Crippen molar-refractivity contribution in [3.63, 3.8) is 0 Å². The minimum Gasteiger partial charge on any atom is -0.399 e. The van der Waals surface area contributed by atoms with Crippen LogP contribution in [0, 0.1) is 0 Å². The molecule has 14 nitrogen and oxygen atoms in total. The van der Waals surface area contributed by atoms with Crippen molar-refractivity contribution in [1.82, 2.24) is 15.0 Å². The van der Waals surface area contributed by atoms with Gasteiger partial charge in [-0.15, -0.1) is 10.2 Å². The molecule has 0 fully saturated rings. The van der Waals surface area contributed by atoms with Gasteiger partial charge in [-0.25, -0.2) is 0 Å². The van der Waals surface area contributed by atoms with Crippen LogP contribution in [0.2, 0.25) is 0 Å². The third kappa shape index (κ3) is 3.96. The molecule has 1 heterocycles. The summed E-state index contributed by atoms with van der Waals surface area (Å²) in [5.41, 5.74) is 10.2. The highest BCUT2D eigenvalue weighted by Gasteiger charge is 2.26. The molecule has 0 saturated heterocycles. The van der Waals surface area contributed by atoms with Crippen LogP contribution in [0.15, 0.2) is 51.1 Å².